The Morgan fingerprint density at radius 3 is 2.25 bits per heavy atom. The van der Waals surface area contributed by atoms with Gasteiger partial charge in [-0.2, -0.15) is 0 Å². The quantitative estimate of drug-likeness (QED) is 0.383. The van der Waals surface area contributed by atoms with Crippen LogP contribution in [-0.2, 0) is 14.3 Å². The lowest BCUT2D eigenvalue weighted by molar-refractivity contribution is -0.130. The minimum absolute atomic E-state index is 0.0972. The highest BCUT2D eigenvalue weighted by Crippen LogP contribution is 2.26. The first-order valence-electron chi connectivity index (χ1n) is 10.4. The first-order chi connectivity index (χ1) is 15.3. The topological polar surface area (TPSA) is 71.1 Å². The Morgan fingerprint density at radius 2 is 1.62 bits per heavy atom. The van der Waals surface area contributed by atoms with Crippen molar-refractivity contribution in [3.63, 3.8) is 0 Å². The molecule has 2 fully saturated rings. The fourth-order valence-corrected chi connectivity index (χ4v) is 3.93. The molecule has 1 aromatic carbocycles. The number of nitrogens with one attached hydrogen (secondary N) is 1. The summed E-state index contributed by atoms with van der Waals surface area (Å²) in [6.45, 7) is 7.59. The number of hydrogen-bond acceptors (Lipinski definition) is 6. The van der Waals surface area contributed by atoms with Crippen LogP contribution in [0, 0.1) is 5.82 Å². The Labute approximate surface area is 197 Å². The highest BCUT2D eigenvalue weighted by Gasteiger charge is 2.22. The van der Waals surface area contributed by atoms with Gasteiger partial charge in [-0.25, -0.2) is 4.39 Å². The Hall–Kier alpha value is -2.07. The summed E-state index contributed by atoms with van der Waals surface area (Å²) in [7, 11) is 0. The summed E-state index contributed by atoms with van der Waals surface area (Å²) >= 11 is 10.7. The summed E-state index contributed by atoms with van der Waals surface area (Å²) in [4.78, 5) is 29.1. The number of rotatable bonds is 5. The van der Waals surface area contributed by atoms with E-state index in [9.17, 15) is 14.0 Å². The van der Waals surface area contributed by atoms with Gasteiger partial charge in [-0.15, -0.1) is 12.6 Å². The molecule has 2 aliphatic rings. The summed E-state index contributed by atoms with van der Waals surface area (Å²) in [5.74, 6) is -1.26. The van der Waals surface area contributed by atoms with Gasteiger partial charge < -0.3 is 24.6 Å². The SMILES string of the molecule is C/C(NC(=O)c1cc(F)cc(N2CCOCC2)c1)=C(C)\C(Cl)=C(/S)C(=O)N1CCOCC1. The smallest absolute Gasteiger partial charge is 0.261 e. The van der Waals surface area contributed by atoms with E-state index >= 15 is 0 Å². The van der Waals surface area contributed by atoms with Crippen LogP contribution in [0.4, 0.5) is 10.1 Å². The van der Waals surface area contributed by atoms with Crippen molar-refractivity contribution in [3.05, 3.63) is 50.8 Å². The third-order valence-electron chi connectivity index (χ3n) is 5.42. The van der Waals surface area contributed by atoms with E-state index in [1.165, 1.54) is 12.1 Å². The second kappa shape index (κ2) is 11.2. The highest BCUT2D eigenvalue weighted by atomic mass is 35.5. The van der Waals surface area contributed by atoms with E-state index in [1.54, 1.807) is 24.8 Å². The van der Waals surface area contributed by atoms with Crippen LogP contribution in [0.25, 0.3) is 0 Å². The lowest BCUT2D eigenvalue weighted by Crippen LogP contribution is -2.41. The molecule has 0 atom stereocenters. The molecule has 0 spiro atoms. The molecule has 2 heterocycles. The number of halogens is 2. The summed E-state index contributed by atoms with van der Waals surface area (Å²) < 4.78 is 24.8. The molecule has 0 unspecified atom stereocenters. The minimum Gasteiger partial charge on any atom is -0.378 e. The lowest BCUT2D eigenvalue weighted by atomic mass is 10.1. The van der Waals surface area contributed by atoms with Crippen LogP contribution in [0.15, 0.2) is 39.4 Å². The predicted octanol–water partition coefficient (Wildman–Crippen LogP) is 2.93. The fourth-order valence-electron chi connectivity index (χ4n) is 3.40. The average Bonchev–Trinajstić information content (AvgIpc) is 2.82. The van der Waals surface area contributed by atoms with Gasteiger partial charge >= 0.3 is 0 Å². The molecule has 3 rings (SSSR count). The molecule has 32 heavy (non-hydrogen) atoms. The summed E-state index contributed by atoms with van der Waals surface area (Å²) in [6, 6.07) is 4.24. The van der Waals surface area contributed by atoms with Crippen molar-refractivity contribution in [2.24, 2.45) is 0 Å². The number of anilines is 1. The van der Waals surface area contributed by atoms with E-state index in [1.807, 2.05) is 4.90 Å². The molecule has 0 aromatic heterocycles. The van der Waals surface area contributed by atoms with Crippen molar-refractivity contribution >= 4 is 41.7 Å². The van der Waals surface area contributed by atoms with Crippen LogP contribution in [0.3, 0.4) is 0 Å². The maximum absolute atomic E-state index is 14.2. The first-order valence-corrected chi connectivity index (χ1v) is 11.2. The van der Waals surface area contributed by atoms with Crippen molar-refractivity contribution in [1.82, 2.24) is 10.2 Å². The molecule has 2 saturated heterocycles. The summed E-state index contributed by atoms with van der Waals surface area (Å²) in [5.41, 5.74) is 1.76. The van der Waals surface area contributed by atoms with Crippen molar-refractivity contribution < 1.29 is 23.5 Å². The number of hydrogen-bond donors (Lipinski definition) is 2. The molecule has 0 aliphatic carbocycles. The first kappa shape index (κ1) is 24.6. The number of allylic oxidation sites excluding steroid dienone is 3. The van der Waals surface area contributed by atoms with Gasteiger partial charge in [0.2, 0.25) is 0 Å². The normalized spacial score (nSPS) is 18.7. The molecule has 0 radical (unpaired) electrons. The molecule has 2 amide bonds. The number of nitrogens with zero attached hydrogens (tertiary/aromatic N) is 2. The van der Waals surface area contributed by atoms with Gasteiger partial charge in [-0.1, -0.05) is 11.6 Å². The minimum atomic E-state index is -0.496. The standard InChI is InChI=1S/C22H27ClFN3O4S/c1-14(19(23)20(32)22(29)27-5-9-31-10-6-27)15(2)25-21(28)16-11-17(24)13-18(12-16)26-3-7-30-8-4-26/h11-13,32H,3-10H2,1-2H3,(H,25,28)/b15-14+,20-19+. The molecular formula is C22H27ClFN3O4S. The fraction of sp³-hybridized carbons (Fsp3) is 0.455. The molecule has 174 valence electrons. The van der Waals surface area contributed by atoms with E-state index in [-0.39, 0.29) is 21.4 Å². The molecule has 1 N–H and O–H groups in total. The van der Waals surface area contributed by atoms with E-state index in [0.717, 1.165) is 0 Å². The largest absolute Gasteiger partial charge is 0.378 e. The molecular weight excluding hydrogens is 457 g/mol. The van der Waals surface area contributed by atoms with Crippen molar-refractivity contribution in [2.75, 3.05) is 57.5 Å². The van der Waals surface area contributed by atoms with Gasteiger partial charge in [0.15, 0.2) is 0 Å². The third kappa shape index (κ3) is 6.04. The van der Waals surface area contributed by atoms with Gasteiger partial charge in [0.25, 0.3) is 11.8 Å². The molecule has 0 bridgehead atoms. The maximum Gasteiger partial charge on any atom is 0.261 e. The van der Waals surface area contributed by atoms with Gasteiger partial charge in [0.1, 0.15) is 5.82 Å². The van der Waals surface area contributed by atoms with Crippen molar-refractivity contribution in [2.45, 2.75) is 13.8 Å². The second-order valence-corrected chi connectivity index (χ2v) is 8.39. The molecule has 10 heteroatoms. The molecule has 7 nitrogen and oxygen atoms in total. The zero-order valence-corrected chi connectivity index (χ0v) is 19.8. The van der Waals surface area contributed by atoms with Gasteiger partial charge in [-0.3, -0.25) is 9.59 Å². The Balaban J connectivity index is 1.76. The third-order valence-corrected chi connectivity index (χ3v) is 6.44. The number of carbonyl (C=O) groups is 2. The zero-order chi connectivity index (χ0) is 23.3. The summed E-state index contributed by atoms with van der Waals surface area (Å²) in [5, 5.41) is 2.89. The van der Waals surface area contributed by atoms with Crippen LogP contribution in [-0.4, -0.2) is 69.3 Å². The van der Waals surface area contributed by atoms with Crippen LogP contribution in [0.5, 0.6) is 0 Å². The van der Waals surface area contributed by atoms with Crippen LogP contribution < -0.4 is 10.2 Å². The second-order valence-electron chi connectivity index (χ2n) is 7.57. The van der Waals surface area contributed by atoms with Crippen LogP contribution in [0.1, 0.15) is 24.2 Å². The van der Waals surface area contributed by atoms with Crippen LogP contribution >= 0.6 is 24.2 Å². The Kier molecular flexibility index (Phi) is 8.58. The molecule has 2 aliphatic heterocycles. The predicted molar refractivity (Wildman–Crippen MR) is 125 cm³/mol. The molecule has 0 saturated carbocycles. The lowest BCUT2D eigenvalue weighted by Gasteiger charge is -2.29. The van der Waals surface area contributed by atoms with E-state index in [0.29, 0.717) is 69.6 Å². The van der Waals surface area contributed by atoms with Gasteiger partial charge in [-0.05, 0) is 37.6 Å². The zero-order valence-electron chi connectivity index (χ0n) is 18.1. The number of carbonyl (C=O) groups excluding carboxylic acids is 2. The number of ether oxygens (including phenoxy) is 2. The van der Waals surface area contributed by atoms with Gasteiger partial charge in [0.05, 0.1) is 36.4 Å². The number of benzene rings is 1. The van der Waals surface area contributed by atoms with Crippen LogP contribution in [0.2, 0.25) is 0 Å². The number of amides is 2. The summed E-state index contributed by atoms with van der Waals surface area (Å²) in [6.07, 6.45) is 0. The molecule has 1 aromatic rings. The van der Waals surface area contributed by atoms with E-state index < -0.39 is 11.7 Å². The Morgan fingerprint density at radius 1 is 1.03 bits per heavy atom. The number of morpholine rings is 2. The van der Waals surface area contributed by atoms with Crippen molar-refractivity contribution in [3.8, 4) is 0 Å². The maximum atomic E-state index is 14.2. The average molecular weight is 484 g/mol. The monoisotopic (exact) mass is 483 g/mol. The number of thiol groups is 1. The Bertz CT molecular complexity index is 941. The van der Waals surface area contributed by atoms with Crippen molar-refractivity contribution in [1.29, 1.82) is 0 Å². The van der Waals surface area contributed by atoms with E-state index in [4.69, 9.17) is 21.1 Å². The highest BCUT2D eigenvalue weighted by molar-refractivity contribution is 7.85. The van der Waals surface area contributed by atoms with Gasteiger partial charge in [0, 0.05) is 43.1 Å². The van der Waals surface area contributed by atoms with E-state index in [2.05, 4.69) is 17.9 Å².